The zero-order chi connectivity index (χ0) is 30.1. The molecule has 6 atom stereocenters. The molecule has 1 aliphatic heterocycles. The molecular formula is C29H41N5O7. The molecule has 1 aromatic carbocycles. The number of likely N-dealkylation sites (tertiary alicyclic amines) is 1. The largest absolute Gasteiger partial charge is 0.480 e. The Labute approximate surface area is 240 Å². The minimum absolute atomic E-state index is 0.0539. The Hall–Kier alpha value is -3.77. The van der Waals surface area contributed by atoms with E-state index >= 15 is 0 Å². The van der Waals surface area contributed by atoms with Crippen molar-refractivity contribution in [3.8, 4) is 0 Å². The van der Waals surface area contributed by atoms with Crippen LogP contribution in [0.3, 0.4) is 0 Å². The van der Waals surface area contributed by atoms with Crippen molar-refractivity contribution in [1.82, 2.24) is 19.8 Å². The van der Waals surface area contributed by atoms with Crippen LogP contribution in [0.15, 0.2) is 42.9 Å². The average molecular weight is 572 g/mol. The molecule has 0 aliphatic carbocycles. The van der Waals surface area contributed by atoms with Gasteiger partial charge in [-0.1, -0.05) is 37.3 Å². The summed E-state index contributed by atoms with van der Waals surface area (Å²) in [7, 11) is 2.08. The third kappa shape index (κ3) is 9.12. The molecule has 12 heteroatoms. The third-order valence-electron chi connectivity index (χ3n) is 7.43. The molecule has 1 saturated heterocycles. The van der Waals surface area contributed by atoms with Crippen molar-refractivity contribution in [3.63, 3.8) is 0 Å². The van der Waals surface area contributed by atoms with Crippen LogP contribution in [0.5, 0.6) is 0 Å². The van der Waals surface area contributed by atoms with Crippen LogP contribution in [-0.4, -0.2) is 80.7 Å². The number of nitrogens with two attached hydrogens (primary N) is 1. The molecule has 0 saturated carbocycles. The molecule has 41 heavy (non-hydrogen) atoms. The number of imidazole rings is 1. The number of hydrogen-bond acceptors (Lipinski definition) is 9. The number of carboxylic acid groups (broad SMARTS) is 1. The number of carboxylic acids is 1. The summed E-state index contributed by atoms with van der Waals surface area (Å²) in [6.45, 7) is 5.87. The van der Waals surface area contributed by atoms with Gasteiger partial charge in [0.1, 0.15) is 12.1 Å². The topological polar surface area (TPSA) is 166 Å². The number of benzene rings is 1. The molecule has 12 nitrogen and oxygen atoms in total. The van der Waals surface area contributed by atoms with Crippen molar-refractivity contribution in [2.24, 2.45) is 5.73 Å². The number of ether oxygens (including phenoxy) is 2. The Morgan fingerprint density at radius 2 is 1.90 bits per heavy atom. The second-order valence-corrected chi connectivity index (χ2v) is 10.6. The van der Waals surface area contributed by atoms with Crippen LogP contribution in [0.25, 0.3) is 0 Å². The molecule has 1 amide bonds. The Morgan fingerprint density at radius 1 is 1.20 bits per heavy atom. The van der Waals surface area contributed by atoms with Gasteiger partial charge in [-0.25, -0.2) is 14.6 Å². The van der Waals surface area contributed by atoms with Crippen LogP contribution in [-0.2, 0) is 41.6 Å². The van der Waals surface area contributed by atoms with Crippen molar-refractivity contribution in [1.29, 1.82) is 0 Å². The van der Waals surface area contributed by atoms with Crippen LogP contribution in [0.4, 0.5) is 0 Å². The van der Waals surface area contributed by atoms with Gasteiger partial charge in [-0.2, -0.15) is 0 Å². The molecule has 1 fully saturated rings. The number of hydrogen-bond donors (Lipinski definition) is 3. The number of rotatable bonds is 13. The second kappa shape index (κ2) is 14.7. The fraction of sp³-hybridized carbons (Fsp3) is 0.552. The fourth-order valence-electron chi connectivity index (χ4n) is 4.89. The van der Waals surface area contributed by atoms with Gasteiger partial charge in [0.2, 0.25) is 12.0 Å². The zero-order valence-electron chi connectivity index (χ0n) is 24.1. The Bertz CT molecular complexity index is 1190. The third-order valence-corrected chi connectivity index (χ3v) is 7.43. The lowest BCUT2D eigenvalue weighted by atomic mass is 9.93. The predicted molar refractivity (Wildman–Crippen MR) is 149 cm³/mol. The number of aromatic nitrogens is 2. The number of piperidine rings is 1. The van der Waals surface area contributed by atoms with Crippen molar-refractivity contribution < 1.29 is 33.8 Å². The molecule has 0 radical (unpaired) electrons. The molecule has 1 aliphatic rings. The van der Waals surface area contributed by atoms with Gasteiger partial charge in [0, 0.05) is 36.8 Å². The van der Waals surface area contributed by atoms with E-state index in [1.54, 1.807) is 35.0 Å². The number of aryl methyl sites for hydroxylation is 1. The minimum Gasteiger partial charge on any atom is -0.480 e. The van der Waals surface area contributed by atoms with Gasteiger partial charge in [0.05, 0.1) is 24.5 Å². The van der Waals surface area contributed by atoms with E-state index in [-0.39, 0.29) is 31.5 Å². The van der Waals surface area contributed by atoms with Crippen LogP contribution < -0.4 is 11.1 Å². The van der Waals surface area contributed by atoms with E-state index in [4.69, 9.17) is 15.2 Å². The summed E-state index contributed by atoms with van der Waals surface area (Å²) in [6, 6.07) is 7.30. The highest BCUT2D eigenvalue weighted by atomic mass is 16.6. The first kappa shape index (κ1) is 31.8. The zero-order valence-corrected chi connectivity index (χ0v) is 24.1. The summed E-state index contributed by atoms with van der Waals surface area (Å²) >= 11 is 0. The van der Waals surface area contributed by atoms with Gasteiger partial charge in [-0.05, 0) is 40.2 Å². The number of esters is 2. The van der Waals surface area contributed by atoms with Gasteiger partial charge in [0.25, 0.3) is 0 Å². The van der Waals surface area contributed by atoms with Gasteiger partial charge >= 0.3 is 17.9 Å². The Balaban J connectivity index is 1.60. The molecule has 224 valence electrons. The summed E-state index contributed by atoms with van der Waals surface area (Å²) in [4.78, 5) is 56.0. The number of carbonyl (C=O) groups excluding carboxylic acids is 3. The molecular weight excluding hydrogens is 530 g/mol. The molecule has 3 rings (SSSR count). The number of nitrogens with one attached hydrogen (secondary N) is 1. The van der Waals surface area contributed by atoms with E-state index in [1.165, 1.54) is 13.3 Å². The molecule has 0 spiro atoms. The molecule has 1 aromatic heterocycles. The SMILES string of the molecule is CCC1CC(OC(=O)C(OC(=O)CCn2cnc(CC(NC(=O)C(C)N)C(=O)O)c2)c2ccccc2)CC(C)N1C. The van der Waals surface area contributed by atoms with E-state index in [0.717, 1.165) is 12.8 Å². The quantitative estimate of drug-likeness (QED) is 0.302. The van der Waals surface area contributed by atoms with Crippen molar-refractivity contribution in [2.75, 3.05) is 7.05 Å². The van der Waals surface area contributed by atoms with E-state index in [2.05, 4.69) is 36.1 Å². The highest BCUT2D eigenvalue weighted by Gasteiger charge is 2.35. The van der Waals surface area contributed by atoms with Gasteiger partial charge in [-0.3, -0.25) is 9.59 Å². The van der Waals surface area contributed by atoms with Crippen LogP contribution in [0.1, 0.15) is 63.8 Å². The first-order valence-corrected chi connectivity index (χ1v) is 13.9. The van der Waals surface area contributed by atoms with Crippen LogP contribution in [0.2, 0.25) is 0 Å². The van der Waals surface area contributed by atoms with Gasteiger partial charge in [0.15, 0.2) is 0 Å². The van der Waals surface area contributed by atoms with E-state index in [1.807, 2.05) is 6.07 Å². The summed E-state index contributed by atoms with van der Waals surface area (Å²) in [5.74, 6) is -2.99. The summed E-state index contributed by atoms with van der Waals surface area (Å²) in [5, 5.41) is 11.8. The second-order valence-electron chi connectivity index (χ2n) is 10.6. The van der Waals surface area contributed by atoms with Crippen LogP contribution in [0, 0.1) is 0 Å². The smallest absolute Gasteiger partial charge is 0.352 e. The molecule has 2 heterocycles. The lowest BCUT2D eigenvalue weighted by Gasteiger charge is -2.41. The van der Waals surface area contributed by atoms with Crippen molar-refractivity contribution in [3.05, 3.63) is 54.1 Å². The monoisotopic (exact) mass is 571 g/mol. The summed E-state index contributed by atoms with van der Waals surface area (Å²) < 4.78 is 13.1. The molecule has 6 unspecified atom stereocenters. The van der Waals surface area contributed by atoms with E-state index in [9.17, 15) is 24.3 Å². The van der Waals surface area contributed by atoms with Gasteiger partial charge < -0.3 is 35.1 Å². The lowest BCUT2D eigenvalue weighted by Crippen LogP contribution is -2.48. The van der Waals surface area contributed by atoms with E-state index in [0.29, 0.717) is 23.7 Å². The van der Waals surface area contributed by atoms with Gasteiger partial charge in [-0.15, -0.1) is 0 Å². The number of carbonyl (C=O) groups is 4. The fourth-order valence-corrected chi connectivity index (χ4v) is 4.89. The van der Waals surface area contributed by atoms with Crippen LogP contribution >= 0.6 is 0 Å². The first-order valence-electron chi connectivity index (χ1n) is 13.9. The number of aliphatic carboxylic acids is 1. The average Bonchev–Trinajstić information content (AvgIpc) is 3.39. The Kier molecular flexibility index (Phi) is 11.4. The maximum Gasteiger partial charge on any atom is 0.352 e. The summed E-state index contributed by atoms with van der Waals surface area (Å²) in [6.07, 6.45) is 3.86. The lowest BCUT2D eigenvalue weighted by molar-refractivity contribution is -0.175. The highest BCUT2D eigenvalue weighted by molar-refractivity contribution is 5.86. The first-order chi connectivity index (χ1) is 19.5. The van der Waals surface area contributed by atoms with Crippen molar-refractivity contribution in [2.45, 2.75) is 95.8 Å². The highest BCUT2D eigenvalue weighted by Crippen LogP contribution is 2.28. The number of nitrogens with zero attached hydrogens (tertiary/aromatic N) is 3. The minimum atomic E-state index is -1.21. The summed E-state index contributed by atoms with van der Waals surface area (Å²) in [5.41, 5.74) is 6.45. The van der Waals surface area contributed by atoms with E-state index < -0.39 is 42.0 Å². The predicted octanol–water partition coefficient (Wildman–Crippen LogP) is 1.82. The molecule has 2 aromatic rings. The molecule has 0 bridgehead atoms. The standard InChI is InChI=1S/C29H41N5O7/c1-5-22-15-23(13-18(2)33(22)4)40-29(39)26(20-9-7-6-8-10-20)41-25(35)11-12-34-16-21(31-17-34)14-24(28(37)38)32-27(36)19(3)30/h6-10,16-19,22-24,26H,5,11-15,30H2,1-4H3,(H,32,36)(H,37,38). The normalized spacial score (nSPS) is 21.3. The Morgan fingerprint density at radius 3 is 2.54 bits per heavy atom. The maximum atomic E-state index is 13.3. The molecule has 4 N–H and O–H groups in total. The number of amides is 1. The maximum absolute atomic E-state index is 13.3. The van der Waals surface area contributed by atoms with Crippen molar-refractivity contribution >= 4 is 23.8 Å².